The van der Waals surface area contributed by atoms with Crippen molar-refractivity contribution in [3.63, 3.8) is 0 Å². The van der Waals surface area contributed by atoms with Gasteiger partial charge >= 0.3 is 5.97 Å². The number of carbonyl (C=O) groups is 1. The fraction of sp³-hybridized carbons (Fsp3) is 0.204. The molecule has 0 fully saturated rings. The van der Waals surface area contributed by atoms with Crippen molar-refractivity contribution >= 4 is 40.6 Å². The summed E-state index contributed by atoms with van der Waals surface area (Å²) in [5, 5.41) is 25.8. The van der Waals surface area contributed by atoms with E-state index in [4.69, 9.17) is 28.9 Å². The number of esters is 1. The number of carbonyl (C=O) groups excluding carboxylic acids is 1. The molecule has 12 heteroatoms. The van der Waals surface area contributed by atoms with Crippen molar-refractivity contribution in [3.8, 4) is 29.1 Å². The van der Waals surface area contributed by atoms with Crippen molar-refractivity contribution in [1.29, 1.82) is 5.26 Å². The second kappa shape index (κ2) is 23.7. The average Bonchev–Trinajstić information content (AvgIpc) is 3.31. The third-order valence-corrected chi connectivity index (χ3v) is 9.02. The van der Waals surface area contributed by atoms with Crippen LogP contribution in [0.25, 0.3) is 0 Å². The minimum atomic E-state index is -0.347. The zero-order valence-corrected chi connectivity index (χ0v) is 33.9. The smallest absolute Gasteiger partial charge is 0.338 e. The van der Waals surface area contributed by atoms with Gasteiger partial charge in [0.1, 0.15) is 23.0 Å². The first kappa shape index (κ1) is 42.9. The van der Waals surface area contributed by atoms with Crippen molar-refractivity contribution in [3.05, 3.63) is 162 Å². The van der Waals surface area contributed by atoms with Crippen molar-refractivity contribution in [1.82, 2.24) is 0 Å². The summed E-state index contributed by atoms with van der Waals surface area (Å²) in [6.45, 7) is 1.99. The number of hydrogen-bond donors (Lipinski definition) is 0. The van der Waals surface area contributed by atoms with E-state index in [0.717, 1.165) is 77.7 Å². The Kier molecular flexibility index (Phi) is 16.7. The summed E-state index contributed by atoms with van der Waals surface area (Å²) < 4.78 is 28.2. The molecule has 0 aromatic heterocycles. The fourth-order valence-corrected chi connectivity index (χ4v) is 5.62. The predicted molar refractivity (Wildman–Crippen MR) is 235 cm³/mol. The molecule has 6 aromatic carbocycles. The molecule has 0 saturated carbocycles. The molecular formula is C49H46N6O6. The third-order valence-electron chi connectivity index (χ3n) is 9.02. The van der Waals surface area contributed by atoms with Gasteiger partial charge in [-0.15, -0.1) is 0 Å². The topological polar surface area (TPSA) is 149 Å². The number of azo groups is 2. The predicted octanol–water partition coefficient (Wildman–Crippen LogP) is 12.8. The molecule has 0 bridgehead atoms. The Bertz CT molecular complexity index is 2380. The Hall–Kier alpha value is -7.65. The lowest BCUT2D eigenvalue weighted by Crippen LogP contribution is -2.06. The maximum absolute atomic E-state index is 12.5. The van der Waals surface area contributed by atoms with Crippen LogP contribution in [-0.4, -0.2) is 45.7 Å². The number of nitrogens with zero attached hydrogens (tertiary/aromatic N) is 6. The highest BCUT2D eigenvalue weighted by Crippen LogP contribution is 2.24. The molecule has 6 rings (SSSR count). The van der Waals surface area contributed by atoms with E-state index in [9.17, 15) is 4.79 Å². The SMILES string of the molecule is COc1ccc(N=Nc2ccc(OCCCOc3ccc(C=Nc4ccc(C(=O)OCCCCCCOc5ccc(N=Nc6ccc(C#N)cc6)cc5)cc4)cc3)cc2)cc1. The van der Waals surface area contributed by atoms with E-state index in [1.54, 1.807) is 61.9 Å². The number of aliphatic imine (C=N–C) groups is 1. The number of methoxy groups -OCH3 is 1. The molecule has 0 aliphatic carbocycles. The second-order valence-corrected chi connectivity index (χ2v) is 13.6. The van der Waals surface area contributed by atoms with Crippen LogP contribution in [0, 0.1) is 11.3 Å². The van der Waals surface area contributed by atoms with Gasteiger partial charge in [-0.1, -0.05) is 0 Å². The molecule has 12 nitrogen and oxygen atoms in total. The van der Waals surface area contributed by atoms with Crippen LogP contribution in [0.15, 0.2) is 171 Å². The molecule has 0 saturated heterocycles. The van der Waals surface area contributed by atoms with Gasteiger partial charge in [0.25, 0.3) is 0 Å². The zero-order chi connectivity index (χ0) is 42.3. The van der Waals surface area contributed by atoms with E-state index in [-0.39, 0.29) is 5.97 Å². The van der Waals surface area contributed by atoms with Crippen LogP contribution in [-0.2, 0) is 4.74 Å². The van der Waals surface area contributed by atoms with Gasteiger partial charge in [-0.05, 0) is 177 Å². The molecule has 0 atom stereocenters. The van der Waals surface area contributed by atoms with Crippen molar-refractivity contribution in [2.75, 3.05) is 33.5 Å². The third kappa shape index (κ3) is 14.9. The van der Waals surface area contributed by atoms with Gasteiger partial charge in [0.15, 0.2) is 0 Å². The lowest BCUT2D eigenvalue weighted by Gasteiger charge is -2.08. The number of rotatable bonds is 22. The van der Waals surface area contributed by atoms with Gasteiger partial charge in [0.2, 0.25) is 0 Å². The lowest BCUT2D eigenvalue weighted by molar-refractivity contribution is 0.0497. The average molecular weight is 815 g/mol. The number of hydrogen-bond acceptors (Lipinski definition) is 12. The maximum Gasteiger partial charge on any atom is 0.338 e. The Balaban J connectivity index is 0.791. The molecule has 0 N–H and O–H groups in total. The van der Waals surface area contributed by atoms with Crippen molar-refractivity contribution in [2.45, 2.75) is 32.1 Å². The number of ether oxygens (including phenoxy) is 5. The van der Waals surface area contributed by atoms with Crippen LogP contribution in [0.3, 0.4) is 0 Å². The molecule has 0 unspecified atom stereocenters. The summed E-state index contributed by atoms with van der Waals surface area (Å²) in [5.74, 6) is 2.72. The quantitative estimate of drug-likeness (QED) is 0.0286. The van der Waals surface area contributed by atoms with Crippen molar-refractivity contribution in [2.24, 2.45) is 25.4 Å². The molecule has 0 spiro atoms. The molecule has 308 valence electrons. The van der Waals surface area contributed by atoms with E-state index >= 15 is 0 Å². The first-order valence-corrected chi connectivity index (χ1v) is 20.0. The monoisotopic (exact) mass is 814 g/mol. The highest BCUT2D eigenvalue weighted by Gasteiger charge is 2.07. The summed E-state index contributed by atoms with van der Waals surface area (Å²) in [6.07, 6.45) is 6.06. The van der Waals surface area contributed by atoms with E-state index in [0.29, 0.717) is 48.9 Å². The van der Waals surface area contributed by atoms with E-state index in [1.807, 2.05) is 97.1 Å². The highest BCUT2D eigenvalue weighted by molar-refractivity contribution is 5.90. The van der Waals surface area contributed by atoms with Crippen LogP contribution >= 0.6 is 0 Å². The summed E-state index contributed by atoms with van der Waals surface area (Å²) in [7, 11) is 1.63. The maximum atomic E-state index is 12.5. The number of benzene rings is 6. The Morgan fingerprint density at radius 3 is 1.38 bits per heavy atom. The van der Waals surface area contributed by atoms with Crippen molar-refractivity contribution < 1.29 is 28.5 Å². The highest BCUT2D eigenvalue weighted by atomic mass is 16.5. The Labute approximate surface area is 355 Å². The molecule has 6 aromatic rings. The Morgan fingerprint density at radius 1 is 0.492 bits per heavy atom. The molecule has 0 heterocycles. The van der Waals surface area contributed by atoms with Gasteiger partial charge in [-0.25, -0.2) is 4.79 Å². The van der Waals surface area contributed by atoms with Crippen LogP contribution in [0.1, 0.15) is 53.6 Å². The summed E-state index contributed by atoms with van der Waals surface area (Å²) in [4.78, 5) is 17.1. The van der Waals surface area contributed by atoms with Gasteiger partial charge in [0.05, 0.1) is 79.2 Å². The number of unbranched alkanes of at least 4 members (excludes halogenated alkanes) is 3. The molecule has 0 amide bonds. The van der Waals surface area contributed by atoms with E-state index in [2.05, 4.69) is 31.5 Å². The van der Waals surface area contributed by atoms with Crippen LogP contribution in [0.4, 0.5) is 28.4 Å². The zero-order valence-electron chi connectivity index (χ0n) is 33.9. The van der Waals surface area contributed by atoms with Gasteiger partial charge < -0.3 is 23.7 Å². The second-order valence-electron chi connectivity index (χ2n) is 13.6. The van der Waals surface area contributed by atoms with Crippen LogP contribution in [0.5, 0.6) is 23.0 Å². The lowest BCUT2D eigenvalue weighted by atomic mass is 10.2. The molecule has 0 radical (unpaired) electrons. The summed E-state index contributed by atoms with van der Waals surface area (Å²) >= 11 is 0. The first-order valence-electron chi connectivity index (χ1n) is 20.0. The molecule has 0 aliphatic heterocycles. The minimum absolute atomic E-state index is 0.347. The van der Waals surface area contributed by atoms with E-state index < -0.39 is 0 Å². The fourth-order valence-electron chi connectivity index (χ4n) is 5.62. The summed E-state index contributed by atoms with van der Waals surface area (Å²) in [6, 6.07) is 46.0. The summed E-state index contributed by atoms with van der Waals surface area (Å²) in [5.41, 5.74) is 5.59. The van der Waals surface area contributed by atoms with Gasteiger partial charge in [0, 0.05) is 12.6 Å². The number of nitriles is 1. The van der Waals surface area contributed by atoms with Gasteiger partial charge in [-0.2, -0.15) is 25.7 Å². The Morgan fingerprint density at radius 2 is 0.902 bits per heavy atom. The van der Waals surface area contributed by atoms with Crippen LogP contribution in [0.2, 0.25) is 0 Å². The standard InChI is InChI=1S/C49H46N6O6/c1-57-45-25-17-42(18-26-45)53-55-44-21-29-48(30-22-44)60-34-6-33-59-46-23-9-38(10-24-46)36-51-40-15-11-39(12-16-40)49(56)61-32-5-3-2-4-31-58-47-27-19-43(20-28-47)54-52-41-13-7-37(35-50)8-14-41/h7-30,36H,2-6,31-34H2,1H3. The molecule has 0 aliphatic rings. The van der Waals surface area contributed by atoms with Gasteiger partial charge in [-0.3, -0.25) is 4.99 Å². The van der Waals surface area contributed by atoms with Crippen LogP contribution < -0.4 is 18.9 Å². The van der Waals surface area contributed by atoms with E-state index in [1.165, 1.54) is 0 Å². The molecular weight excluding hydrogens is 769 g/mol. The normalized spacial score (nSPS) is 11.1. The molecule has 61 heavy (non-hydrogen) atoms. The minimum Gasteiger partial charge on any atom is -0.497 e. The first-order chi connectivity index (χ1) is 30.0. The largest absolute Gasteiger partial charge is 0.497 e.